The minimum Gasteiger partial charge on any atom is -0.262 e. The maximum absolute atomic E-state index is 12.9. The Hall–Kier alpha value is -3.43. The first-order valence-electron chi connectivity index (χ1n) is 7.87. The monoisotopic (exact) mass is 359 g/mol. The van der Waals surface area contributed by atoms with Gasteiger partial charge in [0.05, 0.1) is 28.2 Å². The summed E-state index contributed by atoms with van der Waals surface area (Å²) in [6.07, 6.45) is 4.79. The number of aromatic nitrogens is 2. The van der Waals surface area contributed by atoms with E-state index in [2.05, 4.69) is 11.1 Å². The first-order valence-corrected chi connectivity index (χ1v) is 9.31. The van der Waals surface area contributed by atoms with E-state index in [1.165, 1.54) is 3.97 Å². The Balaban J connectivity index is 1.90. The minimum absolute atomic E-state index is 0.223. The van der Waals surface area contributed by atoms with Crippen LogP contribution in [0.1, 0.15) is 5.56 Å². The predicted molar refractivity (Wildman–Crippen MR) is 98.9 cm³/mol. The van der Waals surface area contributed by atoms with Crippen LogP contribution < -0.4 is 0 Å². The van der Waals surface area contributed by atoms with Crippen molar-refractivity contribution in [3.05, 3.63) is 84.8 Å². The van der Waals surface area contributed by atoms with Crippen molar-refractivity contribution >= 4 is 20.9 Å². The molecule has 0 aliphatic rings. The Labute approximate surface area is 150 Å². The van der Waals surface area contributed by atoms with Crippen LogP contribution in [0, 0.1) is 11.3 Å². The molecule has 0 saturated carbocycles. The lowest BCUT2D eigenvalue weighted by Gasteiger charge is -2.08. The molecule has 0 saturated heterocycles. The fourth-order valence-electron chi connectivity index (χ4n) is 2.90. The fraction of sp³-hybridized carbons (Fsp3) is 0. The average molecular weight is 359 g/mol. The highest BCUT2D eigenvalue weighted by atomic mass is 32.2. The Morgan fingerprint density at radius 1 is 0.923 bits per heavy atom. The second kappa shape index (κ2) is 6.14. The number of pyridine rings is 1. The topological polar surface area (TPSA) is 75.8 Å². The number of hydrogen-bond donors (Lipinski definition) is 0. The van der Waals surface area contributed by atoms with Gasteiger partial charge >= 0.3 is 0 Å². The van der Waals surface area contributed by atoms with Crippen molar-refractivity contribution in [1.29, 1.82) is 5.26 Å². The van der Waals surface area contributed by atoms with E-state index in [-0.39, 0.29) is 4.90 Å². The summed E-state index contributed by atoms with van der Waals surface area (Å²) in [4.78, 5) is 4.44. The standard InChI is InChI=1S/C20H13N3O2S/c21-12-15-6-8-16(9-7-15)19-13-22-14-20-18(19)10-11-23(20)26(24,25)17-4-2-1-3-5-17/h1-11,13-14H. The van der Waals surface area contributed by atoms with Crippen LogP contribution in [0.25, 0.3) is 22.0 Å². The zero-order valence-electron chi connectivity index (χ0n) is 13.6. The molecule has 0 unspecified atom stereocenters. The Morgan fingerprint density at radius 3 is 2.35 bits per heavy atom. The molecule has 0 bridgehead atoms. The molecule has 0 fully saturated rings. The average Bonchev–Trinajstić information content (AvgIpc) is 3.14. The lowest BCUT2D eigenvalue weighted by atomic mass is 10.0. The van der Waals surface area contributed by atoms with Gasteiger partial charge in [0.1, 0.15) is 0 Å². The van der Waals surface area contributed by atoms with Crippen molar-refractivity contribution < 1.29 is 8.42 Å². The van der Waals surface area contributed by atoms with E-state index in [0.29, 0.717) is 11.1 Å². The van der Waals surface area contributed by atoms with E-state index >= 15 is 0 Å². The summed E-state index contributed by atoms with van der Waals surface area (Å²) < 4.78 is 27.1. The maximum atomic E-state index is 12.9. The minimum atomic E-state index is -3.70. The Kier molecular flexibility index (Phi) is 3.79. The van der Waals surface area contributed by atoms with Crippen molar-refractivity contribution in [1.82, 2.24) is 8.96 Å². The van der Waals surface area contributed by atoms with E-state index in [0.717, 1.165) is 16.5 Å². The molecular formula is C20H13N3O2S. The molecule has 26 heavy (non-hydrogen) atoms. The second-order valence-electron chi connectivity index (χ2n) is 5.74. The van der Waals surface area contributed by atoms with Gasteiger partial charge in [-0.2, -0.15) is 5.26 Å². The molecule has 126 valence electrons. The summed E-state index contributed by atoms with van der Waals surface area (Å²) in [5, 5.41) is 9.72. The lowest BCUT2D eigenvalue weighted by molar-refractivity contribution is 0.589. The van der Waals surface area contributed by atoms with E-state index in [4.69, 9.17) is 5.26 Å². The van der Waals surface area contributed by atoms with Crippen molar-refractivity contribution in [3.63, 3.8) is 0 Å². The number of nitrogens with zero attached hydrogens (tertiary/aromatic N) is 3. The van der Waals surface area contributed by atoms with Gasteiger partial charge in [0.25, 0.3) is 10.0 Å². The Morgan fingerprint density at radius 2 is 1.65 bits per heavy atom. The van der Waals surface area contributed by atoms with Crippen molar-refractivity contribution in [2.75, 3.05) is 0 Å². The molecule has 0 radical (unpaired) electrons. The summed E-state index contributed by atoms with van der Waals surface area (Å²) in [6.45, 7) is 0. The molecule has 0 amide bonds. The lowest BCUT2D eigenvalue weighted by Crippen LogP contribution is -2.11. The summed E-state index contributed by atoms with van der Waals surface area (Å²) in [7, 11) is -3.70. The van der Waals surface area contributed by atoms with Gasteiger partial charge in [-0.3, -0.25) is 4.98 Å². The Bertz CT molecular complexity index is 1240. The van der Waals surface area contributed by atoms with Crippen LogP contribution in [0.3, 0.4) is 0 Å². The fourth-order valence-corrected chi connectivity index (χ4v) is 4.26. The molecule has 0 N–H and O–H groups in total. The number of nitriles is 1. The number of hydrogen-bond acceptors (Lipinski definition) is 4. The van der Waals surface area contributed by atoms with E-state index in [1.54, 1.807) is 67.1 Å². The molecule has 2 heterocycles. The summed E-state index contributed by atoms with van der Waals surface area (Å²) in [5.41, 5.74) is 2.76. The third kappa shape index (κ3) is 2.55. The molecule has 4 rings (SSSR count). The first kappa shape index (κ1) is 16.1. The highest BCUT2D eigenvalue weighted by Crippen LogP contribution is 2.30. The van der Waals surface area contributed by atoms with Crippen LogP contribution in [-0.4, -0.2) is 17.4 Å². The maximum Gasteiger partial charge on any atom is 0.268 e. The van der Waals surface area contributed by atoms with Gasteiger partial charge in [0.2, 0.25) is 0 Å². The molecular weight excluding hydrogens is 346 g/mol. The van der Waals surface area contributed by atoms with Crippen LogP contribution in [0.2, 0.25) is 0 Å². The van der Waals surface area contributed by atoms with Gasteiger partial charge in [-0.05, 0) is 35.9 Å². The second-order valence-corrected chi connectivity index (χ2v) is 7.55. The molecule has 0 atom stereocenters. The third-order valence-corrected chi connectivity index (χ3v) is 5.91. The zero-order valence-corrected chi connectivity index (χ0v) is 14.4. The van der Waals surface area contributed by atoms with Crippen molar-refractivity contribution in [2.24, 2.45) is 0 Å². The van der Waals surface area contributed by atoms with Crippen molar-refractivity contribution in [3.8, 4) is 17.2 Å². The molecule has 5 nitrogen and oxygen atoms in total. The van der Waals surface area contributed by atoms with Gasteiger partial charge in [0, 0.05) is 23.3 Å². The van der Waals surface area contributed by atoms with E-state index in [1.807, 2.05) is 12.1 Å². The largest absolute Gasteiger partial charge is 0.268 e. The van der Waals surface area contributed by atoms with Crippen LogP contribution in [0.4, 0.5) is 0 Å². The van der Waals surface area contributed by atoms with Gasteiger partial charge in [-0.1, -0.05) is 30.3 Å². The van der Waals surface area contributed by atoms with Gasteiger partial charge < -0.3 is 0 Å². The van der Waals surface area contributed by atoms with E-state index in [9.17, 15) is 8.42 Å². The van der Waals surface area contributed by atoms with E-state index < -0.39 is 10.0 Å². The molecule has 0 aliphatic heterocycles. The highest BCUT2D eigenvalue weighted by molar-refractivity contribution is 7.90. The van der Waals surface area contributed by atoms with Gasteiger partial charge in [0.15, 0.2) is 0 Å². The number of benzene rings is 2. The molecule has 0 aliphatic carbocycles. The summed E-state index contributed by atoms with van der Waals surface area (Å²) >= 11 is 0. The summed E-state index contributed by atoms with van der Waals surface area (Å²) in [6, 6.07) is 19.3. The number of fused-ring (bicyclic) bond motifs is 1. The highest BCUT2D eigenvalue weighted by Gasteiger charge is 2.19. The van der Waals surface area contributed by atoms with Crippen LogP contribution in [0.5, 0.6) is 0 Å². The third-order valence-electron chi connectivity index (χ3n) is 4.21. The SMILES string of the molecule is N#Cc1ccc(-c2cncc3c2ccn3S(=O)(=O)c2ccccc2)cc1. The molecule has 6 heteroatoms. The predicted octanol–water partition coefficient (Wildman–Crippen LogP) is 3.81. The van der Waals surface area contributed by atoms with Gasteiger partial charge in [-0.25, -0.2) is 12.4 Å². The van der Waals surface area contributed by atoms with Crippen LogP contribution in [0.15, 0.2) is 84.1 Å². The molecule has 2 aromatic carbocycles. The van der Waals surface area contributed by atoms with Crippen molar-refractivity contribution in [2.45, 2.75) is 4.90 Å². The first-order chi connectivity index (χ1) is 12.6. The quantitative estimate of drug-likeness (QED) is 0.557. The van der Waals surface area contributed by atoms with Gasteiger partial charge in [-0.15, -0.1) is 0 Å². The van der Waals surface area contributed by atoms with Crippen LogP contribution in [-0.2, 0) is 10.0 Å². The zero-order chi connectivity index (χ0) is 18.1. The normalized spacial score (nSPS) is 11.3. The summed E-state index contributed by atoms with van der Waals surface area (Å²) in [5.74, 6) is 0. The number of rotatable bonds is 3. The smallest absolute Gasteiger partial charge is 0.262 e. The molecule has 2 aromatic heterocycles. The van der Waals surface area contributed by atoms with Crippen LogP contribution >= 0.6 is 0 Å². The molecule has 0 spiro atoms. The molecule has 4 aromatic rings.